The molecule has 0 unspecified atom stereocenters. The molecule has 2 aromatic carbocycles. The molecular weight excluding hydrogens is 226 g/mol. The quantitative estimate of drug-likeness (QED) is 0.811. The average molecular weight is 241 g/mol. The van der Waals surface area contributed by atoms with Crippen LogP contribution in [0.5, 0.6) is 5.75 Å². The zero-order valence-corrected chi connectivity index (χ0v) is 10.2. The summed E-state index contributed by atoms with van der Waals surface area (Å²) < 4.78 is 0. The summed E-state index contributed by atoms with van der Waals surface area (Å²) in [5, 5.41) is 12.2. The van der Waals surface area contributed by atoms with Crippen LogP contribution in [0.2, 0.25) is 0 Å². The lowest BCUT2D eigenvalue weighted by atomic mass is 10.1. The predicted octanol–water partition coefficient (Wildman–Crippen LogP) is 3.21. The second-order valence-electron chi connectivity index (χ2n) is 4.02. The van der Waals surface area contributed by atoms with Crippen molar-refractivity contribution >= 4 is 11.6 Å². The van der Waals surface area contributed by atoms with Crippen LogP contribution in [-0.4, -0.2) is 11.0 Å². The van der Waals surface area contributed by atoms with E-state index in [1.54, 1.807) is 30.3 Å². The third-order valence-corrected chi connectivity index (χ3v) is 2.78. The van der Waals surface area contributed by atoms with Gasteiger partial charge in [0.2, 0.25) is 0 Å². The van der Waals surface area contributed by atoms with Gasteiger partial charge in [-0.1, -0.05) is 31.2 Å². The molecule has 3 nitrogen and oxygen atoms in total. The van der Waals surface area contributed by atoms with E-state index in [4.69, 9.17) is 0 Å². The van der Waals surface area contributed by atoms with E-state index >= 15 is 0 Å². The van der Waals surface area contributed by atoms with Gasteiger partial charge in [0.1, 0.15) is 5.75 Å². The molecular formula is C15H15NO2. The van der Waals surface area contributed by atoms with Crippen molar-refractivity contribution in [3.05, 3.63) is 59.7 Å². The van der Waals surface area contributed by atoms with E-state index < -0.39 is 0 Å². The summed E-state index contributed by atoms with van der Waals surface area (Å²) in [4.78, 5) is 11.9. The highest BCUT2D eigenvalue weighted by atomic mass is 16.3. The first-order valence-corrected chi connectivity index (χ1v) is 5.89. The van der Waals surface area contributed by atoms with Crippen molar-refractivity contribution in [1.82, 2.24) is 0 Å². The van der Waals surface area contributed by atoms with Crippen molar-refractivity contribution < 1.29 is 9.90 Å². The summed E-state index contributed by atoms with van der Waals surface area (Å²) in [6.07, 6.45) is 0.946. The molecule has 0 saturated carbocycles. The molecule has 0 aliphatic heterocycles. The van der Waals surface area contributed by atoms with Crippen molar-refractivity contribution in [2.75, 3.05) is 5.32 Å². The maximum absolute atomic E-state index is 11.9. The number of anilines is 1. The molecule has 0 atom stereocenters. The minimum atomic E-state index is -0.223. The van der Waals surface area contributed by atoms with Crippen LogP contribution in [0.25, 0.3) is 0 Å². The smallest absolute Gasteiger partial charge is 0.255 e. The lowest BCUT2D eigenvalue weighted by Crippen LogP contribution is -2.11. The Morgan fingerprint density at radius 1 is 1.11 bits per heavy atom. The molecule has 0 spiro atoms. The van der Waals surface area contributed by atoms with Gasteiger partial charge in [0.05, 0.1) is 5.69 Å². The lowest BCUT2D eigenvalue weighted by molar-refractivity contribution is 0.102. The number of hydrogen-bond donors (Lipinski definition) is 2. The fraction of sp³-hybridized carbons (Fsp3) is 0.133. The molecule has 0 heterocycles. The van der Waals surface area contributed by atoms with Crippen LogP contribution in [0.1, 0.15) is 22.8 Å². The van der Waals surface area contributed by atoms with Gasteiger partial charge in [0.15, 0.2) is 0 Å². The topological polar surface area (TPSA) is 49.3 Å². The average Bonchev–Trinajstić information content (AvgIpc) is 2.41. The Labute approximate surface area is 106 Å². The first kappa shape index (κ1) is 12.2. The molecule has 2 rings (SSSR count). The summed E-state index contributed by atoms with van der Waals surface area (Å²) in [7, 11) is 0. The highest BCUT2D eigenvalue weighted by Crippen LogP contribution is 2.22. The Morgan fingerprint density at radius 2 is 1.78 bits per heavy atom. The molecule has 0 aromatic heterocycles. The van der Waals surface area contributed by atoms with Gasteiger partial charge >= 0.3 is 0 Å². The van der Waals surface area contributed by atoms with Crippen molar-refractivity contribution in [2.45, 2.75) is 13.3 Å². The van der Waals surface area contributed by atoms with Crippen LogP contribution in [0.15, 0.2) is 48.5 Å². The van der Waals surface area contributed by atoms with E-state index in [9.17, 15) is 9.90 Å². The van der Waals surface area contributed by atoms with E-state index in [0.29, 0.717) is 11.3 Å². The molecule has 92 valence electrons. The zero-order valence-electron chi connectivity index (χ0n) is 10.2. The number of para-hydroxylation sites is 2. The number of phenols is 1. The number of rotatable bonds is 3. The fourth-order valence-corrected chi connectivity index (χ4v) is 1.67. The van der Waals surface area contributed by atoms with Crippen LogP contribution < -0.4 is 5.32 Å². The first-order valence-electron chi connectivity index (χ1n) is 5.89. The van der Waals surface area contributed by atoms with Gasteiger partial charge in [-0.3, -0.25) is 4.79 Å². The molecule has 0 fully saturated rings. The number of hydrogen-bond acceptors (Lipinski definition) is 2. The summed E-state index contributed by atoms with van der Waals surface area (Å²) >= 11 is 0. The van der Waals surface area contributed by atoms with Crippen molar-refractivity contribution in [2.24, 2.45) is 0 Å². The molecule has 1 amide bonds. The monoisotopic (exact) mass is 241 g/mol. The van der Waals surface area contributed by atoms with E-state index in [1.165, 1.54) is 11.6 Å². The number of phenolic OH excluding ortho intramolecular Hbond substituents is 1. The highest BCUT2D eigenvalue weighted by Gasteiger charge is 2.07. The molecule has 2 aromatic rings. The number of amides is 1. The van der Waals surface area contributed by atoms with Crippen LogP contribution in [0, 0.1) is 0 Å². The van der Waals surface area contributed by atoms with Crippen molar-refractivity contribution in [1.29, 1.82) is 0 Å². The second kappa shape index (κ2) is 5.36. The summed E-state index contributed by atoms with van der Waals surface area (Å²) in [5.74, 6) is -0.157. The van der Waals surface area contributed by atoms with Gasteiger partial charge in [-0.05, 0) is 36.2 Å². The molecule has 0 aliphatic rings. The third kappa shape index (κ3) is 2.69. The zero-order chi connectivity index (χ0) is 13.0. The van der Waals surface area contributed by atoms with Crippen LogP contribution in [-0.2, 0) is 6.42 Å². The summed E-state index contributed by atoms with van der Waals surface area (Å²) in [6.45, 7) is 2.07. The molecule has 3 heteroatoms. The minimum Gasteiger partial charge on any atom is -0.506 e. The fourth-order valence-electron chi connectivity index (χ4n) is 1.67. The maximum Gasteiger partial charge on any atom is 0.255 e. The van der Waals surface area contributed by atoms with Crippen LogP contribution in [0.3, 0.4) is 0 Å². The predicted molar refractivity (Wildman–Crippen MR) is 71.9 cm³/mol. The van der Waals surface area contributed by atoms with Gasteiger partial charge in [-0.2, -0.15) is 0 Å². The summed E-state index contributed by atoms with van der Waals surface area (Å²) in [6, 6.07) is 14.1. The molecule has 0 saturated heterocycles. The van der Waals surface area contributed by atoms with Crippen LogP contribution >= 0.6 is 0 Å². The molecule has 2 N–H and O–H groups in total. The lowest BCUT2D eigenvalue weighted by Gasteiger charge is -2.07. The Bertz CT molecular complexity index is 547. The van der Waals surface area contributed by atoms with Gasteiger partial charge in [-0.25, -0.2) is 0 Å². The maximum atomic E-state index is 11.9. The Kier molecular flexibility index (Phi) is 3.63. The number of nitrogens with one attached hydrogen (secondary N) is 1. The number of carbonyl (C=O) groups is 1. The minimum absolute atomic E-state index is 0.0658. The third-order valence-electron chi connectivity index (χ3n) is 2.78. The molecule has 0 bridgehead atoms. The van der Waals surface area contributed by atoms with Gasteiger partial charge in [-0.15, -0.1) is 0 Å². The molecule has 0 aliphatic carbocycles. The highest BCUT2D eigenvalue weighted by molar-refractivity contribution is 6.04. The van der Waals surface area contributed by atoms with Crippen molar-refractivity contribution in [3.63, 3.8) is 0 Å². The Hall–Kier alpha value is -2.29. The SMILES string of the molecule is CCc1ccc(C(=O)Nc2ccccc2O)cc1. The number of aryl methyl sites for hydroxylation is 1. The number of benzene rings is 2. The van der Waals surface area contributed by atoms with E-state index in [0.717, 1.165) is 6.42 Å². The Balaban J connectivity index is 2.14. The largest absolute Gasteiger partial charge is 0.506 e. The van der Waals surface area contributed by atoms with E-state index in [1.807, 2.05) is 12.1 Å². The van der Waals surface area contributed by atoms with E-state index in [-0.39, 0.29) is 11.7 Å². The second-order valence-corrected chi connectivity index (χ2v) is 4.02. The van der Waals surface area contributed by atoms with Gasteiger partial charge in [0, 0.05) is 5.56 Å². The first-order chi connectivity index (χ1) is 8.70. The molecule has 18 heavy (non-hydrogen) atoms. The van der Waals surface area contributed by atoms with E-state index in [2.05, 4.69) is 12.2 Å². The van der Waals surface area contributed by atoms with Crippen LogP contribution in [0.4, 0.5) is 5.69 Å². The van der Waals surface area contributed by atoms with Gasteiger partial charge < -0.3 is 10.4 Å². The molecule has 0 radical (unpaired) electrons. The standard InChI is InChI=1S/C15H15NO2/c1-2-11-7-9-12(10-8-11)15(18)16-13-5-3-4-6-14(13)17/h3-10,17H,2H2,1H3,(H,16,18). The number of aromatic hydroxyl groups is 1. The normalized spacial score (nSPS) is 10.1. The van der Waals surface area contributed by atoms with Gasteiger partial charge in [0.25, 0.3) is 5.91 Å². The Morgan fingerprint density at radius 3 is 2.39 bits per heavy atom. The summed E-state index contributed by atoms with van der Waals surface area (Å²) in [5.41, 5.74) is 2.19. The number of carbonyl (C=O) groups excluding carboxylic acids is 1. The van der Waals surface area contributed by atoms with Crippen molar-refractivity contribution in [3.8, 4) is 5.75 Å².